The molecule has 0 amide bonds. The maximum Gasteiger partial charge on any atom is 1.00 e. The zero-order chi connectivity index (χ0) is 18.0. The molecule has 0 aliphatic rings. The zero-order valence-electron chi connectivity index (χ0n) is 15.4. The van der Waals surface area contributed by atoms with E-state index in [1.807, 2.05) is 42.5 Å². The van der Waals surface area contributed by atoms with Gasteiger partial charge in [-0.3, -0.25) is 0 Å². The van der Waals surface area contributed by atoms with Crippen molar-refractivity contribution in [1.82, 2.24) is 0 Å². The topological polar surface area (TPSA) is 80.3 Å². The summed E-state index contributed by atoms with van der Waals surface area (Å²) in [5.41, 5.74) is -0.710. The van der Waals surface area contributed by atoms with Crippen molar-refractivity contribution in [3.05, 3.63) is 71.8 Å². The standard InChI is InChI=1S/C22H12O4.2Na/c23-21(24)16-9-8-14-15-7-6-12-3-1-2-11-4-5-13(19(15)18(11)12)10-17(14)20(16)22(25)26;;/h1-10H,(H,23,24)(H,25,26);;/q;2*+1/p-2. The zero-order valence-corrected chi connectivity index (χ0v) is 19.4. The predicted octanol–water partition coefficient (Wildman–Crippen LogP) is -3.53. The minimum Gasteiger partial charge on any atom is -0.545 e. The van der Waals surface area contributed by atoms with Crippen LogP contribution in [0.15, 0.2) is 60.7 Å². The molecule has 0 fully saturated rings. The molecule has 6 heteroatoms. The largest absolute Gasteiger partial charge is 1.00 e. The van der Waals surface area contributed by atoms with E-state index in [1.165, 1.54) is 6.07 Å². The van der Waals surface area contributed by atoms with Crippen molar-refractivity contribution in [3.63, 3.8) is 0 Å². The minimum absolute atomic E-state index is 0. The SMILES string of the molecule is O=C([O-])c1ccc2c(cc3ccc4cccc5ccc2c3c45)c1C(=O)[O-].[Na+].[Na+]. The molecule has 0 aliphatic carbocycles. The number of carbonyl (C=O) groups excluding carboxylic acids is 2. The second-order valence-electron chi connectivity index (χ2n) is 6.39. The normalized spacial score (nSPS) is 10.9. The van der Waals surface area contributed by atoms with Crippen molar-refractivity contribution in [3.8, 4) is 0 Å². The van der Waals surface area contributed by atoms with Gasteiger partial charge >= 0.3 is 59.1 Å². The Morgan fingerprint density at radius 1 is 0.607 bits per heavy atom. The molecule has 28 heavy (non-hydrogen) atoms. The number of carboxylic acid groups (broad SMARTS) is 2. The summed E-state index contributed by atoms with van der Waals surface area (Å²) in [5, 5.41) is 30.2. The fraction of sp³-hybridized carbons (Fsp3) is 0. The van der Waals surface area contributed by atoms with E-state index in [4.69, 9.17) is 0 Å². The van der Waals surface area contributed by atoms with Crippen molar-refractivity contribution < 1.29 is 78.9 Å². The first-order valence-electron chi connectivity index (χ1n) is 8.12. The van der Waals surface area contributed by atoms with Crippen molar-refractivity contribution in [2.45, 2.75) is 0 Å². The molecule has 5 aromatic rings. The average Bonchev–Trinajstić information content (AvgIpc) is 2.64. The monoisotopic (exact) mass is 384 g/mol. The molecule has 0 saturated carbocycles. The van der Waals surface area contributed by atoms with E-state index >= 15 is 0 Å². The molecule has 0 atom stereocenters. The van der Waals surface area contributed by atoms with E-state index in [9.17, 15) is 19.8 Å². The van der Waals surface area contributed by atoms with Crippen LogP contribution in [0, 0.1) is 0 Å². The maximum atomic E-state index is 11.7. The van der Waals surface area contributed by atoms with Crippen LogP contribution in [0.3, 0.4) is 0 Å². The van der Waals surface area contributed by atoms with Gasteiger partial charge in [-0.2, -0.15) is 0 Å². The Labute approximate surface area is 204 Å². The fourth-order valence-electron chi connectivity index (χ4n) is 4.00. The van der Waals surface area contributed by atoms with Gasteiger partial charge in [0.15, 0.2) is 0 Å². The van der Waals surface area contributed by atoms with Gasteiger partial charge in [-0.15, -0.1) is 0 Å². The van der Waals surface area contributed by atoms with Crippen LogP contribution in [0.4, 0.5) is 0 Å². The molecule has 0 aromatic heterocycles. The van der Waals surface area contributed by atoms with Crippen molar-refractivity contribution in [2.24, 2.45) is 0 Å². The Morgan fingerprint density at radius 2 is 1.21 bits per heavy atom. The van der Waals surface area contributed by atoms with Gasteiger partial charge < -0.3 is 19.8 Å². The third-order valence-corrected chi connectivity index (χ3v) is 5.07. The Balaban J connectivity index is 0.00000112. The van der Waals surface area contributed by atoms with Crippen molar-refractivity contribution in [1.29, 1.82) is 0 Å². The second kappa shape index (κ2) is 7.64. The summed E-state index contributed by atoms with van der Waals surface area (Å²) < 4.78 is 0. The number of aromatic carboxylic acids is 2. The van der Waals surface area contributed by atoms with Gasteiger partial charge in [0.05, 0.1) is 11.9 Å². The van der Waals surface area contributed by atoms with Crippen LogP contribution in [-0.4, -0.2) is 11.9 Å². The van der Waals surface area contributed by atoms with E-state index in [2.05, 4.69) is 0 Å². The first kappa shape index (κ1) is 21.1. The van der Waals surface area contributed by atoms with E-state index in [1.54, 1.807) is 12.1 Å². The van der Waals surface area contributed by atoms with Gasteiger partial charge in [0, 0.05) is 11.1 Å². The number of hydrogen-bond donors (Lipinski definition) is 0. The Bertz CT molecular complexity index is 1380. The molecule has 0 radical (unpaired) electrons. The van der Waals surface area contributed by atoms with Crippen molar-refractivity contribution in [2.75, 3.05) is 0 Å². The molecule has 0 aliphatic heterocycles. The Kier molecular flexibility index (Phi) is 5.74. The number of fused-ring (bicyclic) bond motifs is 2. The van der Waals surface area contributed by atoms with Crippen LogP contribution >= 0.6 is 0 Å². The summed E-state index contributed by atoms with van der Waals surface area (Å²) in [6, 6.07) is 18.6. The van der Waals surface area contributed by atoms with Gasteiger partial charge in [-0.05, 0) is 49.2 Å². The fourth-order valence-corrected chi connectivity index (χ4v) is 4.00. The molecular weight excluding hydrogens is 374 g/mol. The first-order valence-corrected chi connectivity index (χ1v) is 8.12. The summed E-state index contributed by atoms with van der Waals surface area (Å²) in [7, 11) is 0. The van der Waals surface area contributed by atoms with Gasteiger partial charge in [-0.25, -0.2) is 0 Å². The Morgan fingerprint density at radius 3 is 1.86 bits per heavy atom. The van der Waals surface area contributed by atoms with Gasteiger partial charge in [-0.1, -0.05) is 54.6 Å². The molecule has 0 bridgehead atoms. The van der Waals surface area contributed by atoms with Crippen LogP contribution < -0.4 is 69.3 Å². The number of rotatable bonds is 2. The van der Waals surface area contributed by atoms with Gasteiger partial charge in [0.1, 0.15) is 0 Å². The third-order valence-electron chi connectivity index (χ3n) is 5.07. The minimum atomic E-state index is -1.53. The van der Waals surface area contributed by atoms with E-state index < -0.39 is 11.9 Å². The summed E-state index contributed by atoms with van der Waals surface area (Å²) in [6.45, 7) is 0. The number of benzene rings is 5. The van der Waals surface area contributed by atoms with Crippen LogP contribution in [0.2, 0.25) is 0 Å². The molecule has 124 valence electrons. The quantitative estimate of drug-likeness (QED) is 0.180. The third kappa shape index (κ3) is 2.92. The van der Waals surface area contributed by atoms with Crippen LogP contribution in [0.1, 0.15) is 20.7 Å². The molecule has 0 unspecified atom stereocenters. The molecular formula is C22H10Na2O4. The summed E-state index contributed by atoms with van der Waals surface area (Å²) >= 11 is 0. The molecule has 4 nitrogen and oxygen atoms in total. The summed E-state index contributed by atoms with van der Waals surface area (Å²) in [6.07, 6.45) is 0. The second-order valence-corrected chi connectivity index (χ2v) is 6.39. The number of hydrogen-bond acceptors (Lipinski definition) is 4. The van der Waals surface area contributed by atoms with Crippen LogP contribution in [0.25, 0.3) is 43.1 Å². The number of carboxylic acids is 2. The van der Waals surface area contributed by atoms with Crippen molar-refractivity contribution >= 4 is 55.0 Å². The molecule has 5 rings (SSSR count). The first-order chi connectivity index (χ1) is 12.6. The predicted molar refractivity (Wildman–Crippen MR) is 96.3 cm³/mol. The van der Waals surface area contributed by atoms with Gasteiger partial charge in [0.25, 0.3) is 0 Å². The van der Waals surface area contributed by atoms with E-state index in [0.29, 0.717) is 10.8 Å². The maximum absolute atomic E-state index is 11.7. The van der Waals surface area contributed by atoms with Crippen LogP contribution in [0.5, 0.6) is 0 Å². The average molecular weight is 384 g/mol. The molecule has 0 saturated heterocycles. The van der Waals surface area contributed by atoms with Gasteiger partial charge in [0.2, 0.25) is 0 Å². The molecule has 5 aromatic carbocycles. The summed E-state index contributed by atoms with van der Waals surface area (Å²) in [5.74, 6) is -3.06. The summed E-state index contributed by atoms with van der Waals surface area (Å²) in [4.78, 5) is 23.0. The van der Waals surface area contributed by atoms with Crippen LogP contribution in [-0.2, 0) is 0 Å². The molecule has 0 heterocycles. The molecule has 0 N–H and O–H groups in total. The number of carbonyl (C=O) groups is 2. The Hall–Kier alpha value is -1.66. The van der Waals surface area contributed by atoms with E-state index in [0.717, 1.165) is 32.3 Å². The van der Waals surface area contributed by atoms with E-state index in [-0.39, 0.29) is 70.2 Å². The smallest absolute Gasteiger partial charge is 0.545 e. The molecule has 0 spiro atoms.